The topological polar surface area (TPSA) is 72.9 Å². The van der Waals surface area contributed by atoms with Crippen LogP contribution in [0.2, 0.25) is 0 Å². The number of para-hydroxylation sites is 2. The average Bonchev–Trinajstić information content (AvgIpc) is 2.69. The molecule has 0 bridgehead atoms. The minimum Gasteiger partial charge on any atom is -0.394 e. The standard InChI is InChI=1S/C21H22FN3O3/c1-2-19(27)24-11-17-20(13-7-3-6-10-16(13)24)18(12-26)25(17)21(28)23-15-9-5-4-8-14(15)22/h3-10,17-18,20,26H,2,11-12H2,1H3,(H,23,28)/t17-,18-,20+/m0/s1. The molecule has 2 aromatic rings. The van der Waals surface area contributed by atoms with Crippen LogP contribution in [0.25, 0.3) is 0 Å². The number of fused-ring (bicyclic) bond motifs is 3. The molecule has 2 heterocycles. The molecule has 4 rings (SSSR count). The zero-order valence-corrected chi connectivity index (χ0v) is 15.5. The van der Waals surface area contributed by atoms with E-state index in [1.807, 2.05) is 24.3 Å². The molecule has 3 atom stereocenters. The van der Waals surface area contributed by atoms with Gasteiger partial charge in [0, 0.05) is 24.6 Å². The van der Waals surface area contributed by atoms with Gasteiger partial charge in [0.1, 0.15) is 5.82 Å². The van der Waals surface area contributed by atoms with Crippen molar-refractivity contribution in [2.45, 2.75) is 31.3 Å². The molecule has 146 valence electrons. The summed E-state index contributed by atoms with van der Waals surface area (Å²) in [5.74, 6) is -0.605. The van der Waals surface area contributed by atoms with Crippen LogP contribution in [-0.4, -0.2) is 47.2 Å². The number of anilines is 2. The fourth-order valence-corrected chi connectivity index (χ4v) is 4.34. The van der Waals surface area contributed by atoms with Gasteiger partial charge in [0.2, 0.25) is 5.91 Å². The molecule has 1 fully saturated rings. The smallest absolute Gasteiger partial charge is 0.322 e. The van der Waals surface area contributed by atoms with E-state index in [1.165, 1.54) is 17.0 Å². The minimum atomic E-state index is -0.523. The Labute approximate surface area is 162 Å². The van der Waals surface area contributed by atoms with Crippen LogP contribution in [0.4, 0.5) is 20.6 Å². The van der Waals surface area contributed by atoms with Gasteiger partial charge in [-0.3, -0.25) is 4.79 Å². The maximum atomic E-state index is 13.9. The highest BCUT2D eigenvalue weighted by Gasteiger charge is 2.55. The summed E-state index contributed by atoms with van der Waals surface area (Å²) in [6.07, 6.45) is 0.358. The van der Waals surface area contributed by atoms with Gasteiger partial charge in [-0.1, -0.05) is 37.3 Å². The first-order valence-electron chi connectivity index (χ1n) is 9.40. The third-order valence-corrected chi connectivity index (χ3v) is 5.64. The molecule has 0 saturated carbocycles. The normalized spacial score (nSPS) is 22.8. The Morgan fingerprint density at radius 3 is 2.61 bits per heavy atom. The number of nitrogens with zero attached hydrogens (tertiary/aromatic N) is 2. The number of likely N-dealkylation sites (tertiary alicyclic amines) is 1. The number of carbonyl (C=O) groups excluding carboxylic acids is 2. The summed E-state index contributed by atoms with van der Waals surface area (Å²) in [7, 11) is 0. The fourth-order valence-electron chi connectivity index (χ4n) is 4.34. The molecule has 7 heteroatoms. The molecule has 3 amide bonds. The fraction of sp³-hybridized carbons (Fsp3) is 0.333. The summed E-state index contributed by atoms with van der Waals surface area (Å²) < 4.78 is 13.9. The molecular weight excluding hydrogens is 361 g/mol. The van der Waals surface area contributed by atoms with Crippen LogP contribution >= 0.6 is 0 Å². The highest BCUT2D eigenvalue weighted by molar-refractivity contribution is 5.96. The van der Waals surface area contributed by atoms with Crippen LogP contribution in [0.15, 0.2) is 48.5 Å². The van der Waals surface area contributed by atoms with Gasteiger partial charge in [-0.15, -0.1) is 0 Å². The van der Waals surface area contributed by atoms with E-state index in [4.69, 9.17) is 0 Å². The largest absolute Gasteiger partial charge is 0.394 e. The number of nitrogens with one attached hydrogen (secondary N) is 1. The first-order valence-corrected chi connectivity index (χ1v) is 9.40. The summed E-state index contributed by atoms with van der Waals surface area (Å²) in [5, 5.41) is 12.5. The van der Waals surface area contributed by atoms with E-state index in [2.05, 4.69) is 5.32 Å². The number of hydrogen-bond acceptors (Lipinski definition) is 3. The van der Waals surface area contributed by atoms with Gasteiger partial charge in [-0.2, -0.15) is 0 Å². The van der Waals surface area contributed by atoms with E-state index in [1.54, 1.807) is 24.0 Å². The van der Waals surface area contributed by atoms with Crippen LogP contribution in [-0.2, 0) is 4.79 Å². The van der Waals surface area contributed by atoms with E-state index in [0.717, 1.165) is 11.3 Å². The monoisotopic (exact) mass is 383 g/mol. The molecular formula is C21H22FN3O3. The van der Waals surface area contributed by atoms with Crippen molar-refractivity contribution in [2.75, 3.05) is 23.4 Å². The molecule has 0 aliphatic carbocycles. The van der Waals surface area contributed by atoms with Crippen molar-refractivity contribution < 1.29 is 19.1 Å². The van der Waals surface area contributed by atoms with Crippen molar-refractivity contribution in [3.63, 3.8) is 0 Å². The Bertz CT molecular complexity index is 919. The second kappa shape index (κ2) is 7.24. The number of urea groups is 1. The van der Waals surface area contributed by atoms with E-state index >= 15 is 0 Å². The van der Waals surface area contributed by atoms with Crippen molar-refractivity contribution in [3.8, 4) is 0 Å². The quantitative estimate of drug-likeness (QED) is 0.856. The SMILES string of the molecule is CCC(=O)N1C[C@H]2[C@@H](c3ccccc31)[C@H](CO)N2C(=O)Nc1ccccc1F. The minimum absolute atomic E-state index is 0.0205. The van der Waals surface area contributed by atoms with Gasteiger partial charge in [0.25, 0.3) is 0 Å². The zero-order chi connectivity index (χ0) is 19.8. The van der Waals surface area contributed by atoms with E-state index in [-0.39, 0.29) is 30.2 Å². The number of halogens is 1. The molecule has 2 aliphatic rings. The lowest BCUT2D eigenvalue weighted by Gasteiger charge is -2.58. The molecule has 0 unspecified atom stereocenters. The summed E-state index contributed by atoms with van der Waals surface area (Å²) in [5.41, 5.74) is 1.88. The van der Waals surface area contributed by atoms with Crippen molar-refractivity contribution in [2.24, 2.45) is 0 Å². The average molecular weight is 383 g/mol. The van der Waals surface area contributed by atoms with Crippen molar-refractivity contribution >= 4 is 23.3 Å². The molecule has 2 aliphatic heterocycles. The molecule has 28 heavy (non-hydrogen) atoms. The Morgan fingerprint density at radius 1 is 1.18 bits per heavy atom. The van der Waals surface area contributed by atoms with Gasteiger partial charge in [0.15, 0.2) is 0 Å². The molecule has 2 aromatic carbocycles. The highest BCUT2D eigenvalue weighted by Crippen LogP contribution is 2.48. The van der Waals surface area contributed by atoms with Crippen LogP contribution in [0.1, 0.15) is 24.8 Å². The van der Waals surface area contributed by atoms with Crippen LogP contribution in [0, 0.1) is 5.82 Å². The molecule has 1 saturated heterocycles. The summed E-state index contributed by atoms with van der Waals surface area (Å²) in [6.45, 7) is 1.95. The summed E-state index contributed by atoms with van der Waals surface area (Å²) >= 11 is 0. The van der Waals surface area contributed by atoms with E-state index < -0.39 is 17.9 Å². The van der Waals surface area contributed by atoms with E-state index in [9.17, 15) is 19.1 Å². The van der Waals surface area contributed by atoms with Gasteiger partial charge in [-0.25, -0.2) is 9.18 Å². The Balaban J connectivity index is 1.64. The van der Waals surface area contributed by atoms with Gasteiger partial charge in [0.05, 0.1) is 24.4 Å². The Hall–Kier alpha value is -2.93. The number of amides is 3. The molecule has 6 nitrogen and oxygen atoms in total. The van der Waals surface area contributed by atoms with Crippen LogP contribution in [0.5, 0.6) is 0 Å². The van der Waals surface area contributed by atoms with Gasteiger partial charge in [-0.05, 0) is 23.8 Å². The molecule has 0 spiro atoms. The maximum Gasteiger partial charge on any atom is 0.322 e. The van der Waals surface area contributed by atoms with Crippen molar-refractivity contribution in [1.29, 1.82) is 0 Å². The second-order valence-corrected chi connectivity index (χ2v) is 7.08. The van der Waals surface area contributed by atoms with Gasteiger partial charge >= 0.3 is 6.03 Å². The number of aliphatic hydroxyl groups is 1. The Morgan fingerprint density at radius 2 is 1.89 bits per heavy atom. The molecule has 0 aromatic heterocycles. The predicted octanol–water partition coefficient (Wildman–Crippen LogP) is 2.94. The number of carbonyl (C=O) groups is 2. The van der Waals surface area contributed by atoms with Crippen LogP contribution < -0.4 is 10.2 Å². The zero-order valence-electron chi connectivity index (χ0n) is 15.5. The third kappa shape index (κ3) is 2.82. The van der Waals surface area contributed by atoms with Gasteiger partial charge < -0.3 is 20.2 Å². The van der Waals surface area contributed by atoms with Crippen molar-refractivity contribution in [1.82, 2.24) is 4.90 Å². The number of aliphatic hydroxyl groups excluding tert-OH is 1. The predicted molar refractivity (Wildman–Crippen MR) is 104 cm³/mol. The maximum absolute atomic E-state index is 13.9. The molecule has 2 N–H and O–H groups in total. The number of benzene rings is 2. The molecule has 0 radical (unpaired) electrons. The summed E-state index contributed by atoms with van der Waals surface area (Å²) in [6, 6.07) is 12.4. The van der Waals surface area contributed by atoms with E-state index in [0.29, 0.717) is 13.0 Å². The highest BCUT2D eigenvalue weighted by atomic mass is 19.1. The lowest BCUT2D eigenvalue weighted by atomic mass is 9.72. The first kappa shape index (κ1) is 18.4. The van der Waals surface area contributed by atoms with Crippen LogP contribution in [0.3, 0.4) is 0 Å². The number of hydrogen-bond donors (Lipinski definition) is 2. The third-order valence-electron chi connectivity index (χ3n) is 5.64. The lowest BCUT2D eigenvalue weighted by Crippen LogP contribution is -2.71. The first-order chi connectivity index (χ1) is 13.6. The second-order valence-electron chi connectivity index (χ2n) is 7.08. The lowest BCUT2D eigenvalue weighted by molar-refractivity contribution is -0.119. The Kier molecular flexibility index (Phi) is 4.77. The summed E-state index contributed by atoms with van der Waals surface area (Å²) in [4.78, 5) is 28.6. The van der Waals surface area contributed by atoms with Crippen molar-refractivity contribution in [3.05, 3.63) is 59.9 Å². The number of rotatable bonds is 3.